The lowest BCUT2D eigenvalue weighted by atomic mass is 9.66. The molecule has 2 unspecified atom stereocenters. The Hall–Kier alpha value is -0.900. The fourth-order valence-corrected chi connectivity index (χ4v) is 4.15. The van der Waals surface area contributed by atoms with E-state index in [0.29, 0.717) is 0 Å². The third kappa shape index (κ3) is 3.35. The summed E-state index contributed by atoms with van der Waals surface area (Å²) >= 11 is 1.72. The van der Waals surface area contributed by atoms with Gasteiger partial charge in [-0.15, -0.1) is 11.3 Å². The normalized spacial score (nSPS) is 26.3. The molecule has 1 aromatic rings. The van der Waals surface area contributed by atoms with Crippen molar-refractivity contribution in [2.45, 2.75) is 53.4 Å². The van der Waals surface area contributed by atoms with Crippen LogP contribution in [-0.2, 0) is 11.2 Å². The Kier molecular flexibility index (Phi) is 4.00. The van der Waals surface area contributed by atoms with Crippen LogP contribution < -0.4 is 0 Å². The summed E-state index contributed by atoms with van der Waals surface area (Å²) in [6.45, 7) is 8.59. The Bertz CT molecular complexity index is 459. The van der Waals surface area contributed by atoms with Crippen LogP contribution in [0.15, 0.2) is 0 Å². The van der Waals surface area contributed by atoms with E-state index in [9.17, 15) is 9.90 Å². The number of carboxylic acids is 1. The number of aryl methyl sites for hydroxylation is 2. The molecule has 1 saturated carbocycles. The van der Waals surface area contributed by atoms with Crippen LogP contribution in [0.1, 0.15) is 48.7 Å². The SMILES string of the molecule is Cc1nc(CC2CC(C)(C)CCC2C(=O)O)sc1C. The molecule has 4 heteroatoms. The molecule has 0 aromatic carbocycles. The Morgan fingerprint density at radius 1 is 1.47 bits per heavy atom. The van der Waals surface area contributed by atoms with Gasteiger partial charge in [0.1, 0.15) is 0 Å². The molecule has 0 saturated heterocycles. The van der Waals surface area contributed by atoms with Crippen LogP contribution in [0.5, 0.6) is 0 Å². The van der Waals surface area contributed by atoms with Gasteiger partial charge >= 0.3 is 5.97 Å². The first kappa shape index (κ1) is 14.5. The van der Waals surface area contributed by atoms with E-state index in [1.807, 2.05) is 6.92 Å². The molecule has 0 amide bonds. The fraction of sp³-hybridized carbons (Fsp3) is 0.733. The molecule has 0 spiro atoms. The van der Waals surface area contributed by atoms with Crippen molar-refractivity contribution in [3.8, 4) is 0 Å². The lowest BCUT2D eigenvalue weighted by Gasteiger charge is -2.38. The molecule has 3 nitrogen and oxygen atoms in total. The van der Waals surface area contributed by atoms with Crippen LogP contribution in [0.3, 0.4) is 0 Å². The van der Waals surface area contributed by atoms with E-state index in [2.05, 4.69) is 25.8 Å². The van der Waals surface area contributed by atoms with Crippen LogP contribution in [0.4, 0.5) is 0 Å². The quantitative estimate of drug-likeness (QED) is 0.916. The van der Waals surface area contributed by atoms with Gasteiger partial charge in [-0.1, -0.05) is 13.8 Å². The maximum atomic E-state index is 11.4. The highest BCUT2D eigenvalue weighted by atomic mass is 32.1. The van der Waals surface area contributed by atoms with Crippen molar-refractivity contribution in [2.75, 3.05) is 0 Å². The number of hydrogen-bond acceptors (Lipinski definition) is 3. The summed E-state index contributed by atoms with van der Waals surface area (Å²) in [6, 6.07) is 0. The summed E-state index contributed by atoms with van der Waals surface area (Å²) in [5, 5.41) is 10.5. The molecule has 2 atom stereocenters. The number of rotatable bonds is 3. The minimum Gasteiger partial charge on any atom is -0.481 e. The number of aliphatic carboxylic acids is 1. The number of carboxylic acid groups (broad SMARTS) is 1. The van der Waals surface area contributed by atoms with Gasteiger partial charge in [0.05, 0.1) is 16.6 Å². The zero-order valence-corrected chi connectivity index (χ0v) is 13.0. The number of hydrogen-bond donors (Lipinski definition) is 1. The summed E-state index contributed by atoms with van der Waals surface area (Å²) in [5.41, 5.74) is 1.35. The van der Waals surface area contributed by atoms with Crippen molar-refractivity contribution in [2.24, 2.45) is 17.3 Å². The van der Waals surface area contributed by atoms with Gasteiger partial charge in [0.25, 0.3) is 0 Å². The number of thiazole rings is 1. The molecule has 2 rings (SSSR count). The standard InChI is InChI=1S/C15H23NO2S/c1-9-10(2)19-13(16-9)7-11-8-15(3,4)6-5-12(11)14(17)18/h11-12H,5-8H2,1-4H3,(H,17,18). The van der Waals surface area contributed by atoms with Gasteiger partial charge in [0.15, 0.2) is 0 Å². The van der Waals surface area contributed by atoms with Gasteiger partial charge in [-0.05, 0) is 44.4 Å². The number of nitrogens with zero attached hydrogens (tertiary/aromatic N) is 1. The van der Waals surface area contributed by atoms with Crippen molar-refractivity contribution in [3.63, 3.8) is 0 Å². The third-order valence-corrected chi connectivity index (χ3v) is 5.44. The minimum atomic E-state index is -0.634. The van der Waals surface area contributed by atoms with E-state index < -0.39 is 5.97 Å². The van der Waals surface area contributed by atoms with Crippen molar-refractivity contribution < 1.29 is 9.90 Å². The van der Waals surface area contributed by atoms with Gasteiger partial charge in [0.2, 0.25) is 0 Å². The van der Waals surface area contributed by atoms with E-state index in [0.717, 1.165) is 36.4 Å². The highest BCUT2D eigenvalue weighted by Gasteiger charge is 2.38. The molecule has 0 aliphatic heterocycles. The second-order valence-electron chi connectivity index (χ2n) is 6.57. The summed E-state index contributed by atoms with van der Waals surface area (Å²) in [7, 11) is 0. The largest absolute Gasteiger partial charge is 0.481 e. The Balaban J connectivity index is 2.15. The molecule has 1 aliphatic rings. The lowest BCUT2D eigenvalue weighted by Crippen LogP contribution is -2.35. The molecule has 1 heterocycles. The maximum absolute atomic E-state index is 11.4. The fourth-order valence-electron chi connectivity index (χ4n) is 3.13. The highest BCUT2D eigenvalue weighted by molar-refractivity contribution is 7.11. The van der Waals surface area contributed by atoms with Crippen molar-refractivity contribution in [1.82, 2.24) is 4.98 Å². The lowest BCUT2D eigenvalue weighted by molar-refractivity contribution is -0.146. The number of carbonyl (C=O) groups is 1. The second kappa shape index (κ2) is 5.23. The predicted octanol–water partition coefficient (Wildman–Crippen LogP) is 3.83. The topological polar surface area (TPSA) is 50.2 Å². The second-order valence-corrected chi connectivity index (χ2v) is 7.85. The van der Waals surface area contributed by atoms with E-state index in [1.54, 1.807) is 11.3 Å². The van der Waals surface area contributed by atoms with Crippen LogP contribution in [-0.4, -0.2) is 16.1 Å². The van der Waals surface area contributed by atoms with Gasteiger partial charge in [-0.2, -0.15) is 0 Å². The summed E-state index contributed by atoms with van der Waals surface area (Å²) in [5.74, 6) is -0.603. The van der Waals surface area contributed by atoms with Crippen LogP contribution in [0.2, 0.25) is 0 Å². The Labute approximate surface area is 119 Å². The Morgan fingerprint density at radius 3 is 2.68 bits per heavy atom. The zero-order valence-electron chi connectivity index (χ0n) is 12.2. The molecule has 1 N–H and O–H groups in total. The average molecular weight is 281 g/mol. The molecule has 1 aromatic heterocycles. The smallest absolute Gasteiger partial charge is 0.306 e. The van der Waals surface area contributed by atoms with Crippen molar-refractivity contribution in [1.29, 1.82) is 0 Å². The van der Waals surface area contributed by atoms with Crippen molar-refractivity contribution >= 4 is 17.3 Å². The van der Waals surface area contributed by atoms with Crippen LogP contribution in [0, 0.1) is 31.1 Å². The van der Waals surface area contributed by atoms with E-state index >= 15 is 0 Å². The zero-order chi connectivity index (χ0) is 14.2. The van der Waals surface area contributed by atoms with Crippen molar-refractivity contribution in [3.05, 3.63) is 15.6 Å². The molecule has 0 radical (unpaired) electrons. The molecule has 1 aliphatic carbocycles. The van der Waals surface area contributed by atoms with Crippen LogP contribution >= 0.6 is 11.3 Å². The molecule has 0 bridgehead atoms. The first-order valence-corrected chi connectivity index (χ1v) is 7.76. The molecular weight excluding hydrogens is 258 g/mol. The average Bonchev–Trinajstić information content (AvgIpc) is 2.56. The van der Waals surface area contributed by atoms with Gasteiger partial charge in [-0.25, -0.2) is 4.98 Å². The molecule has 19 heavy (non-hydrogen) atoms. The number of aromatic nitrogens is 1. The molecule has 106 valence electrons. The van der Waals surface area contributed by atoms with E-state index in [4.69, 9.17) is 0 Å². The summed E-state index contributed by atoms with van der Waals surface area (Å²) in [6.07, 6.45) is 3.62. The summed E-state index contributed by atoms with van der Waals surface area (Å²) < 4.78 is 0. The molecule has 1 fully saturated rings. The Morgan fingerprint density at radius 2 is 2.16 bits per heavy atom. The van der Waals surface area contributed by atoms with Gasteiger partial charge < -0.3 is 5.11 Å². The van der Waals surface area contributed by atoms with E-state index in [-0.39, 0.29) is 17.3 Å². The minimum absolute atomic E-state index is 0.197. The highest BCUT2D eigenvalue weighted by Crippen LogP contribution is 2.43. The third-order valence-electron chi connectivity index (χ3n) is 4.34. The van der Waals surface area contributed by atoms with E-state index in [1.165, 1.54) is 4.88 Å². The van der Waals surface area contributed by atoms with Gasteiger partial charge in [0, 0.05) is 11.3 Å². The predicted molar refractivity (Wildman–Crippen MR) is 77.5 cm³/mol. The first-order valence-electron chi connectivity index (χ1n) is 6.94. The van der Waals surface area contributed by atoms with Gasteiger partial charge in [-0.3, -0.25) is 4.79 Å². The maximum Gasteiger partial charge on any atom is 0.306 e. The molecular formula is C15H23NO2S. The first-order chi connectivity index (χ1) is 8.78. The van der Waals surface area contributed by atoms with Crippen LogP contribution in [0.25, 0.3) is 0 Å². The summed E-state index contributed by atoms with van der Waals surface area (Å²) in [4.78, 5) is 17.2. The monoisotopic (exact) mass is 281 g/mol.